The Bertz CT molecular complexity index is 1370. The van der Waals surface area contributed by atoms with Crippen LogP contribution in [0.5, 0.6) is 0 Å². The number of carbonyl (C=O) groups is 4. The number of aliphatic hydroxyl groups is 4. The molecule has 0 aliphatic carbocycles. The standard InChI is InChI=1S/C33H44O14/c1-6-30(5,43)17-18(2)12-13-22(34)45-25-24(36)31(15-14-19(3)23(35)20(4)16-21-10-8-7-9-11-21)46-26(27(37)38)32(44,28(39)40)33(25,47-31)29(41)42/h7-13,18,20,23-26,35-36,43-44H,3,6,14-17H2,1-2,4-5H3,(H,37,38)(H,39,40)(H,41,42)/b13-12+/t18-,20-,23-,24-,25-,26-,30?,31-,32-,33-/m1/s1. The lowest BCUT2D eigenvalue weighted by atomic mass is 9.74. The molecule has 2 bridgehead atoms. The molecule has 14 heteroatoms. The number of fused-ring (bicyclic) bond motifs is 2. The summed E-state index contributed by atoms with van der Waals surface area (Å²) in [6.45, 7) is 10.7. The van der Waals surface area contributed by atoms with Gasteiger partial charge < -0.3 is 50.0 Å². The van der Waals surface area contributed by atoms with E-state index >= 15 is 0 Å². The number of benzene rings is 1. The van der Waals surface area contributed by atoms with E-state index in [0.29, 0.717) is 12.8 Å². The summed E-state index contributed by atoms with van der Waals surface area (Å²) in [7, 11) is 0. The van der Waals surface area contributed by atoms with Crippen LogP contribution < -0.4 is 0 Å². The Kier molecular flexibility index (Phi) is 11.4. The summed E-state index contributed by atoms with van der Waals surface area (Å²) in [6, 6.07) is 9.26. The molecular weight excluding hydrogens is 620 g/mol. The van der Waals surface area contributed by atoms with E-state index in [2.05, 4.69) is 6.58 Å². The van der Waals surface area contributed by atoms with Crippen molar-refractivity contribution in [3.63, 3.8) is 0 Å². The minimum absolute atomic E-state index is 0.175. The van der Waals surface area contributed by atoms with Gasteiger partial charge in [-0.15, -0.1) is 0 Å². The van der Waals surface area contributed by atoms with Gasteiger partial charge in [0, 0.05) is 12.5 Å². The molecule has 2 heterocycles. The molecule has 2 saturated heterocycles. The van der Waals surface area contributed by atoms with Gasteiger partial charge in [-0.25, -0.2) is 19.2 Å². The third kappa shape index (κ3) is 7.27. The second kappa shape index (κ2) is 14.2. The van der Waals surface area contributed by atoms with Crippen molar-refractivity contribution in [2.75, 3.05) is 0 Å². The van der Waals surface area contributed by atoms with Crippen LogP contribution in [0.1, 0.15) is 58.9 Å². The van der Waals surface area contributed by atoms with E-state index in [0.717, 1.165) is 11.6 Å². The van der Waals surface area contributed by atoms with Crippen molar-refractivity contribution in [1.82, 2.24) is 0 Å². The zero-order valence-electron chi connectivity index (χ0n) is 26.7. The van der Waals surface area contributed by atoms with E-state index < -0.39 is 83.2 Å². The Morgan fingerprint density at radius 2 is 1.72 bits per heavy atom. The maximum Gasteiger partial charge on any atom is 0.344 e. The quantitative estimate of drug-likeness (QED) is 0.0752. The monoisotopic (exact) mass is 664 g/mol. The highest BCUT2D eigenvalue weighted by atomic mass is 16.8. The molecule has 0 amide bonds. The lowest BCUT2D eigenvalue weighted by molar-refractivity contribution is -0.374. The average molecular weight is 665 g/mol. The number of esters is 1. The van der Waals surface area contributed by atoms with Gasteiger partial charge in [0.05, 0.1) is 11.7 Å². The van der Waals surface area contributed by atoms with E-state index in [1.165, 1.54) is 6.08 Å². The molecule has 47 heavy (non-hydrogen) atoms. The van der Waals surface area contributed by atoms with Crippen molar-refractivity contribution in [1.29, 1.82) is 0 Å². The minimum atomic E-state index is -3.91. The number of allylic oxidation sites excluding steroid dienone is 1. The molecule has 7 N–H and O–H groups in total. The number of hydrogen-bond acceptors (Lipinski definition) is 11. The summed E-state index contributed by atoms with van der Waals surface area (Å²) < 4.78 is 16.3. The first-order valence-electron chi connectivity index (χ1n) is 15.3. The number of hydrogen-bond donors (Lipinski definition) is 7. The molecule has 2 fully saturated rings. The fourth-order valence-corrected chi connectivity index (χ4v) is 6.24. The number of carboxylic acid groups (broad SMARTS) is 3. The summed E-state index contributed by atoms with van der Waals surface area (Å²) in [5.74, 6) is -11.4. The Morgan fingerprint density at radius 1 is 1.11 bits per heavy atom. The third-order valence-corrected chi connectivity index (χ3v) is 9.08. The van der Waals surface area contributed by atoms with Gasteiger partial charge in [-0.2, -0.15) is 0 Å². The van der Waals surface area contributed by atoms with Crippen molar-refractivity contribution in [2.45, 2.75) is 107 Å². The van der Waals surface area contributed by atoms with Crippen LogP contribution in [0.4, 0.5) is 0 Å². The van der Waals surface area contributed by atoms with Gasteiger partial charge in [0.2, 0.25) is 23.1 Å². The van der Waals surface area contributed by atoms with Crippen LogP contribution in [0.2, 0.25) is 0 Å². The normalized spacial score (nSPS) is 31.8. The average Bonchev–Trinajstić information content (AvgIpc) is 3.22. The molecule has 1 aromatic rings. The summed E-state index contributed by atoms with van der Waals surface area (Å²) in [4.78, 5) is 50.5. The van der Waals surface area contributed by atoms with Crippen molar-refractivity contribution in [2.24, 2.45) is 11.8 Å². The van der Waals surface area contributed by atoms with Crippen LogP contribution in [0, 0.1) is 11.8 Å². The van der Waals surface area contributed by atoms with Gasteiger partial charge in [-0.05, 0) is 55.6 Å². The van der Waals surface area contributed by atoms with Gasteiger partial charge in [-0.3, -0.25) is 0 Å². The van der Waals surface area contributed by atoms with Crippen LogP contribution in [0.15, 0.2) is 54.6 Å². The lowest BCUT2D eigenvalue weighted by Crippen LogP contribution is -2.78. The number of aliphatic carboxylic acids is 3. The zero-order chi connectivity index (χ0) is 35.5. The molecular formula is C33H44O14. The molecule has 2 aliphatic rings. The van der Waals surface area contributed by atoms with E-state index in [4.69, 9.17) is 14.2 Å². The molecule has 1 unspecified atom stereocenters. The van der Waals surface area contributed by atoms with Gasteiger partial charge in [-0.1, -0.05) is 63.8 Å². The Morgan fingerprint density at radius 3 is 2.26 bits per heavy atom. The number of carbonyl (C=O) groups excluding carboxylic acids is 1. The van der Waals surface area contributed by atoms with Gasteiger partial charge >= 0.3 is 23.9 Å². The third-order valence-electron chi connectivity index (χ3n) is 9.08. The van der Waals surface area contributed by atoms with Crippen LogP contribution in [-0.4, -0.2) is 107 Å². The van der Waals surface area contributed by atoms with E-state index in [1.54, 1.807) is 27.7 Å². The first-order chi connectivity index (χ1) is 21.8. The van der Waals surface area contributed by atoms with Crippen molar-refractivity contribution in [3.05, 3.63) is 60.2 Å². The molecule has 0 spiro atoms. The van der Waals surface area contributed by atoms with Crippen molar-refractivity contribution >= 4 is 23.9 Å². The molecule has 0 saturated carbocycles. The summed E-state index contributed by atoms with van der Waals surface area (Å²) in [6.07, 6.45) is -6.29. The molecule has 0 radical (unpaired) electrons. The molecule has 2 aliphatic heterocycles. The molecule has 10 atom stereocenters. The van der Waals surface area contributed by atoms with Crippen molar-refractivity contribution in [3.8, 4) is 0 Å². The van der Waals surface area contributed by atoms with Crippen LogP contribution >= 0.6 is 0 Å². The molecule has 1 aromatic carbocycles. The molecule has 260 valence electrons. The number of carboxylic acids is 3. The number of ether oxygens (including phenoxy) is 3. The predicted molar refractivity (Wildman–Crippen MR) is 163 cm³/mol. The second-order valence-electron chi connectivity index (χ2n) is 12.8. The smallest absolute Gasteiger partial charge is 0.344 e. The molecule has 3 rings (SSSR count). The number of aliphatic hydroxyl groups excluding tert-OH is 2. The largest absolute Gasteiger partial charge is 0.479 e. The maximum absolute atomic E-state index is 13.0. The predicted octanol–water partition coefficient (Wildman–Crippen LogP) is 1.43. The van der Waals surface area contributed by atoms with Crippen LogP contribution in [-0.2, 0) is 39.8 Å². The van der Waals surface area contributed by atoms with Gasteiger partial charge in [0.15, 0.2) is 6.10 Å². The highest BCUT2D eigenvalue weighted by molar-refractivity contribution is 5.98. The van der Waals surface area contributed by atoms with Gasteiger partial charge in [0.1, 0.15) is 6.10 Å². The van der Waals surface area contributed by atoms with Crippen molar-refractivity contribution < 1.29 is 69.1 Å². The molecule has 0 aromatic heterocycles. The maximum atomic E-state index is 13.0. The van der Waals surface area contributed by atoms with E-state index in [1.807, 2.05) is 30.3 Å². The fourth-order valence-electron chi connectivity index (χ4n) is 6.24. The Labute approximate surface area is 271 Å². The lowest BCUT2D eigenvalue weighted by Gasteiger charge is -2.48. The summed E-state index contributed by atoms with van der Waals surface area (Å²) in [5.41, 5.74) is -7.43. The first kappa shape index (κ1) is 37.8. The Hall–Kier alpha value is -3.66. The van der Waals surface area contributed by atoms with Crippen LogP contribution in [0.3, 0.4) is 0 Å². The highest BCUT2D eigenvalue weighted by Gasteiger charge is 2.85. The summed E-state index contributed by atoms with van der Waals surface area (Å²) in [5, 5.41) is 74.4. The number of rotatable bonds is 16. The van der Waals surface area contributed by atoms with E-state index in [9.17, 15) is 54.9 Å². The fraction of sp³-hybridized carbons (Fsp3) is 0.576. The van der Waals surface area contributed by atoms with E-state index in [-0.39, 0.29) is 24.3 Å². The topological polar surface area (TPSA) is 238 Å². The molecule has 14 nitrogen and oxygen atoms in total. The zero-order valence-corrected chi connectivity index (χ0v) is 26.7. The first-order valence-corrected chi connectivity index (χ1v) is 15.3. The summed E-state index contributed by atoms with van der Waals surface area (Å²) >= 11 is 0. The second-order valence-corrected chi connectivity index (χ2v) is 12.8. The van der Waals surface area contributed by atoms with Crippen LogP contribution in [0.25, 0.3) is 0 Å². The SMILES string of the molecule is C=C(CC[C@@]12O[C@H](C(=O)O)[C@@](O)(C(=O)O)[C@@](C(=O)O)(O1)[C@H](OC(=O)/C=C/[C@@H](C)CC(C)(O)CC)[C@H]2O)[C@@H](O)[C@H](C)Cc1ccccc1. The minimum Gasteiger partial charge on any atom is -0.479 e. The highest BCUT2D eigenvalue weighted by Crippen LogP contribution is 2.55. The van der Waals surface area contributed by atoms with Gasteiger partial charge in [0.25, 0.3) is 0 Å². The Balaban J connectivity index is 1.96.